The van der Waals surface area contributed by atoms with Gasteiger partial charge in [0.1, 0.15) is 29.4 Å². The highest BCUT2D eigenvalue weighted by molar-refractivity contribution is 6.00. The van der Waals surface area contributed by atoms with Crippen LogP contribution in [0.15, 0.2) is 36.0 Å². The third-order valence-electron chi connectivity index (χ3n) is 5.65. The molecule has 2 aromatic heterocycles. The van der Waals surface area contributed by atoms with Crippen LogP contribution in [0.3, 0.4) is 0 Å². The summed E-state index contributed by atoms with van der Waals surface area (Å²) in [5.41, 5.74) is 2.81. The molecule has 2 aliphatic rings. The van der Waals surface area contributed by atoms with E-state index in [-0.39, 0.29) is 12.3 Å². The van der Waals surface area contributed by atoms with Gasteiger partial charge in [-0.05, 0) is 36.6 Å². The summed E-state index contributed by atoms with van der Waals surface area (Å²) in [6.45, 7) is 0.513. The Kier molecular flexibility index (Phi) is 5.51. The van der Waals surface area contributed by atoms with E-state index in [1.165, 1.54) is 0 Å². The van der Waals surface area contributed by atoms with Crippen LogP contribution in [0, 0.1) is 0 Å². The first-order valence-corrected chi connectivity index (χ1v) is 10.8. The summed E-state index contributed by atoms with van der Waals surface area (Å²) in [4.78, 5) is 16.8. The first-order valence-electron chi connectivity index (χ1n) is 10.8. The molecule has 5 rings (SSSR count). The Morgan fingerprint density at radius 2 is 1.97 bits per heavy atom. The molecule has 1 aromatic carbocycles. The standard InChI is InChI=1S/C23H26N6O4/c1-32-17-5-13(6-18(9-17)33-2)11-24-19-10-20(26-16-3-4-16)29-22(27-19)15(12-25-29)7-14-8-21(30)28-23(14)31/h5-7,9-10,12,16,21,26,30H,3-4,8,11H2,1-2H3,(H,24,27)(H,28,31)/b14-7+. The molecule has 0 bridgehead atoms. The molecule has 2 fully saturated rings. The number of amides is 1. The van der Waals surface area contributed by atoms with Crippen LogP contribution in [0.25, 0.3) is 11.7 Å². The lowest BCUT2D eigenvalue weighted by Crippen LogP contribution is -2.24. The Bertz CT molecular complexity index is 1210. The number of hydrogen-bond donors (Lipinski definition) is 4. The molecule has 3 aromatic rings. The highest BCUT2D eigenvalue weighted by atomic mass is 16.5. The molecule has 1 aliphatic carbocycles. The fourth-order valence-corrected chi connectivity index (χ4v) is 3.78. The fraction of sp³-hybridized carbons (Fsp3) is 0.348. The van der Waals surface area contributed by atoms with E-state index in [0.717, 1.165) is 24.2 Å². The molecule has 10 heteroatoms. The summed E-state index contributed by atoms with van der Waals surface area (Å²) in [7, 11) is 3.24. The number of benzene rings is 1. The van der Waals surface area contributed by atoms with Gasteiger partial charge in [0.05, 0.1) is 20.4 Å². The number of aromatic nitrogens is 3. The van der Waals surface area contributed by atoms with Crippen molar-refractivity contribution in [1.29, 1.82) is 0 Å². The minimum atomic E-state index is -0.859. The molecular formula is C23H26N6O4. The number of methoxy groups -OCH3 is 2. The summed E-state index contributed by atoms with van der Waals surface area (Å²) >= 11 is 0. The summed E-state index contributed by atoms with van der Waals surface area (Å²) < 4.78 is 12.5. The fourth-order valence-electron chi connectivity index (χ4n) is 3.78. The predicted molar refractivity (Wildman–Crippen MR) is 123 cm³/mol. The van der Waals surface area contributed by atoms with Gasteiger partial charge in [0.25, 0.3) is 0 Å². The Morgan fingerprint density at radius 3 is 2.61 bits per heavy atom. The van der Waals surface area contributed by atoms with E-state index >= 15 is 0 Å². The average Bonchev–Trinajstić information content (AvgIpc) is 3.45. The van der Waals surface area contributed by atoms with Gasteiger partial charge in [-0.1, -0.05) is 0 Å². The van der Waals surface area contributed by atoms with Gasteiger partial charge in [-0.3, -0.25) is 4.79 Å². The highest BCUT2D eigenvalue weighted by Gasteiger charge is 2.26. The van der Waals surface area contributed by atoms with Gasteiger partial charge < -0.3 is 30.5 Å². The van der Waals surface area contributed by atoms with Crippen molar-refractivity contribution in [2.24, 2.45) is 0 Å². The Labute approximate surface area is 190 Å². The van der Waals surface area contributed by atoms with Crippen molar-refractivity contribution in [2.45, 2.75) is 38.1 Å². The molecule has 10 nitrogen and oxygen atoms in total. The van der Waals surface area contributed by atoms with Crippen molar-refractivity contribution in [3.8, 4) is 11.5 Å². The number of anilines is 2. The zero-order valence-corrected chi connectivity index (χ0v) is 18.5. The van der Waals surface area contributed by atoms with Gasteiger partial charge in [-0.25, -0.2) is 4.98 Å². The topological polar surface area (TPSA) is 122 Å². The zero-order chi connectivity index (χ0) is 22.9. The van der Waals surface area contributed by atoms with Crippen LogP contribution in [-0.2, 0) is 11.3 Å². The van der Waals surface area contributed by atoms with Crippen LogP contribution < -0.4 is 25.4 Å². The van der Waals surface area contributed by atoms with Crippen LogP contribution in [0.4, 0.5) is 11.6 Å². The van der Waals surface area contributed by atoms with Gasteiger partial charge in [-0.2, -0.15) is 9.61 Å². The van der Waals surface area contributed by atoms with Crippen LogP contribution in [0.2, 0.25) is 0 Å². The summed E-state index contributed by atoms with van der Waals surface area (Å²) in [5, 5.41) is 23.6. The van der Waals surface area contributed by atoms with Gasteiger partial charge in [0, 0.05) is 42.3 Å². The second-order valence-corrected chi connectivity index (χ2v) is 8.22. The van der Waals surface area contributed by atoms with E-state index < -0.39 is 6.23 Å². The monoisotopic (exact) mass is 450 g/mol. The van der Waals surface area contributed by atoms with Gasteiger partial charge in [0.15, 0.2) is 5.65 Å². The van der Waals surface area contributed by atoms with E-state index in [0.29, 0.717) is 46.7 Å². The summed E-state index contributed by atoms with van der Waals surface area (Å²) in [5.74, 6) is 2.65. The molecule has 1 unspecified atom stereocenters. The number of fused-ring (bicyclic) bond motifs is 1. The number of aliphatic hydroxyl groups excluding tert-OH is 1. The van der Waals surface area contributed by atoms with Crippen LogP contribution >= 0.6 is 0 Å². The quantitative estimate of drug-likeness (QED) is 0.385. The average molecular weight is 450 g/mol. The molecule has 1 atom stereocenters. The second kappa shape index (κ2) is 8.62. The maximum Gasteiger partial charge on any atom is 0.249 e. The molecular weight excluding hydrogens is 424 g/mol. The molecule has 1 aliphatic heterocycles. The van der Waals surface area contributed by atoms with Crippen molar-refractivity contribution >= 4 is 29.3 Å². The van der Waals surface area contributed by atoms with Crippen LogP contribution in [0.1, 0.15) is 30.4 Å². The van der Waals surface area contributed by atoms with Gasteiger partial charge in [0.2, 0.25) is 5.91 Å². The number of nitrogens with one attached hydrogen (secondary N) is 3. The van der Waals surface area contributed by atoms with E-state index in [1.54, 1.807) is 31.0 Å². The molecule has 33 heavy (non-hydrogen) atoms. The van der Waals surface area contributed by atoms with Crippen LogP contribution in [-0.4, -0.2) is 52.1 Å². The van der Waals surface area contributed by atoms with E-state index in [2.05, 4.69) is 21.0 Å². The molecule has 0 spiro atoms. The Balaban J connectivity index is 1.47. The minimum Gasteiger partial charge on any atom is -0.497 e. The second-order valence-electron chi connectivity index (χ2n) is 8.22. The third-order valence-corrected chi connectivity index (χ3v) is 5.65. The first kappa shape index (κ1) is 21.1. The van der Waals surface area contributed by atoms with Crippen molar-refractivity contribution in [3.63, 3.8) is 0 Å². The summed E-state index contributed by atoms with van der Waals surface area (Å²) in [6, 6.07) is 8.06. The predicted octanol–water partition coefficient (Wildman–Crippen LogP) is 2.15. The zero-order valence-electron chi connectivity index (χ0n) is 18.5. The lowest BCUT2D eigenvalue weighted by atomic mass is 10.1. The van der Waals surface area contributed by atoms with Crippen molar-refractivity contribution < 1.29 is 19.4 Å². The number of hydrogen-bond acceptors (Lipinski definition) is 8. The van der Waals surface area contributed by atoms with Gasteiger partial charge >= 0.3 is 0 Å². The summed E-state index contributed by atoms with van der Waals surface area (Å²) in [6.07, 6.45) is 5.04. The van der Waals surface area contributed by atoms with E-state index in [1.807, 2.05) is 24.3 Å². The number of rotatable bonds is 8. The molecule has 1 saturated carbocycles. The number of nitrogens with zero attached hydrogens (tertiary/aromatic N) is 3. The Morgan fingerprint density at radius 1 is 1.21 bits per heavy atom. The normalized spacial score (nSPS) is 19.1. The molecule has 3 heterocycles. The lowest BCUT2D eigenvalue weighted by Gasteiger charge is -2.13. The Hall–Kier alpha value is -3.79. The number of aliphatic hydroxyl groups is 1. The smallest absolute Gasteiger partial charge is 0.249 e. The molecule has 1 saturated heterocycles. The van der Waals surface area contributed by atoms with Crippen molar-refractivity contribution in [3.05, 3.63) is 47.2 Å². The van der Waals surface area contributed by atoms with Gasteiger partial charge in [-0.15, -0.1) is 0 Å². The van der Waals surface area contributed by atoms with Crippen molar-refractivity contribution in [2.75, 3.05) is 24.9 Å². The number of carbonyl (C=O) groups is 1. The maximum absolute atomic E-state index is 12.1. The number of ether oxygens (including phenoxy) is 2. The van der Waals surface area contributed by atoms with E-state index in [4.69, 9.17) is 14.5 Å². The number of carbonyl (C=O) groups excluding carboxylic acids is 1. The third kappa shape index (κ3) is 4.56. The van der Waals surface area contributed by atoms with E-state index in [9.17, 15) is 9.90 Å². The SMILES string of the molecule is COc1cc(CNc2cc(NC3CC3)n3ncc(/C=C4\CC(O)NC4=O)c3n2)cc(OC)c1. The largest absolute Gasteiger partial charge is 0.497 e. The lowest BCUT2D eigenvalue weighted by molar-refractivity contribution is -0.117. The molecule has 4 N–H and O–H groups in total. The maximum atomic E-state index is 12.1. The van der Waals surface area contributed by atoms with Crippen LogP contribution in [0.5, 0.6) is 11.5 Å². The molecule has 1 amide bonds. The molecule has 0 radical (unpaired) electrons. The molecule has 172 valence electrons. The first-order chi connectivity index (χ1) is 16.0. The minimum absolute atomic E-state index is 0.249. The highest BCUT2D eigenvalue weighted by Crippen LogP contribution is 2.29. The van der Waals surface area contributed by atoms with Crippen molar-refractivity contribution in [1.82, 2.24) is 19.9 Å².